The summed E-state index contributed by atoms with van der Waals surface area (Å²) in [4.78, 5) is 12.2. The van der Waals surface area contributed by atoms with Gasteiger partial charge in [-0.25, -0.2) is 0 Å². The molecule has 17 heavy (non-hydrogen) atoms. The summed E-state index contributed by atoms with van der Waals surface area (Å²) < 4.78 is 0. The van der Waals surface area contributed by atoms with Gasteiger partial charge in [0, 0.05) is 16.9 Å². The van der Waals surface area contributed by atoms with Crippen LogP contribution in [0.1, 0.15) is 6.42 Å². The van der Waals surface area contributed by atoms with E-state index in [1.54, 1.807) is 12.2 Å². The molecule has 6 heteroatoms. The van der Waals surface area contributed by atoms with Crippen molar-refractivity contribution in [3.63, 3.8) is 0 Å². The van der Waals surface area contributed by atoms with Crippen LogP contribution in [0.25, 0.3) is 0 Å². The Labute approximate surface area is 104 Å². The minimum atomic E-state index is -1.80. The summed E-state index contributed by atoms with van der Waals surface area (Å²) in [7, 11) is 0. The number of aliphatic hydroxyl groups excluding tert-OH is 4. The molecule has 0 saturated carbocycles. The fraction of sp³-hybridized carbons (Fsp3) is 0.455. The maximum absolute atomic E-state index is 11.8. The third kappa shape index (κ3) is 3.27. The predicted molar refractivity (Wildman–Crippen MR) is 64.6 cm³/mol. The standard InChI is InChI=1S/C11H14O5S/c12-5-7(13)10(15)11(16)9(14)6-3-1-2-4-8(6)17/h1-3,7,10-13,15-16H,4-5H2/t7-,10-,11+/m1/s1. The van der Waals surface area contributed by atoms with Crippen LogP contribution in [0.2, 0.25) is 0 Å². The van der Waals surface area contributed by atoms with E-state index in [1.807, 2.05) is 0 Å². The van der Waals surface area contributed by atoms with Gasteiger partial charge in [-0.05, 0) is 0 Å². The molecule has 0 unspecified atom stereocenters. The molecular formula is C11H14O5S. The quantitative estimate of drug-likeness (QED) is 0.467. The third-order valence-corrected chi connectivity index (χ3v) is 2.83. The maximum Gasteiger partial charge on any atom is 0.195 e. The van der Waals surface area contributed by atoms with Gasteiger partial charge in [0.2, 0.25) is 0 Å². The van der Waals surface area contributed by atoms with Gasteiger partial charge < -0.3 is 20.4 Å². The SMILES string of the molecule is O=C(C1=CC=CCC1=S)[C@H](O)[C@H](O)[C@H](O)CO. The Morgan fingerprint density at radius 1 is 1.41 bits per heavy atom. The highest BCUT2D eigenvalue weighted by Crippen LogP contribution is 2.15. The monoisotopic (exact) mass is 258 g/mol. The van der Waals surface area contributed by atoms with E-state index >= 15 is 0 Å². The second-order valence-corrected chi connectivity index (χ2v) is 4.18. The fourth-order valence-electron chi connectivity index (χ4n) is 1.39. The number of ketones is 1. The lowest BCUT2D eigenvalue weighted by Crippen LogP contribution is -2.45. The van der Waals surface area contributed by atoms with Gasteiger partial charge >= 0.3 is 0 Å². The predicted octanol–water partition coefficient (Wildman–Crippen LogP) is -1.11. The molecule has 94 valence electrons. The van der Waals surface area contributed by atoms with Crippen LogP contribution in [0.3, 0.4) is 0 Å². The van der Waals surface area contributed by atoms with Crippen molar-refractivity contribution >= 4 is 22.9 Å². The molecule has 0 saturated heterocycles. The molecule has 1 rings (SSSR count). The zero-order valence-electron chi connectivity index (χ0n) is 8.98. The largest absolute Gasteiger partial charge is 0.394 e. The first-order chi connectivity index (χ1) is 7.99. The van der Waals surface area contributed by atoms with Crippen LogP contribution in [0.15, 0.2) is 23.8 Å². The summed E-state index contributed by atoms with van der Waals surface area (Å²) in [5, 5.41) is 36.7. The second kappa shape index (κ2) is 6.13. The van der Waals surface area contributed by atoms with Crippen molar-refractivity contribution in [3.05, 3.63) is 23.8 Å². The number of carbonyl (C=O) groups excluding carboxylic acids is 1. The number of rotatable bonds is 5. The summed E-state index contributed by atoms with van der Waals surface area (Å²) in [6, 6.07) is 0. The number of carbonyl (C=O) groups is 1. The maximum atomic E-state index is 11.8. The van der Waals surface area contributed by atoms with Crippen molar-refractivity contribution in [1.29, 1.82) is 0 Å². The summed E-state index contributed by atoms with van der Waals surface area (Å²) in [6.45, 7) is -0.741. The highest BCUT2D eigenvalue weighted by Gasteiger charge is 2.32. The Kier molecular flexibility index (Phi) is 5.10. The molecule has 0 spiro atoms. The van der Waals surface area contributed by atoms with Crippen molar-refractivity contribution in [2.45, 2.75) is 24.7 Å². The van der Waals surface area contributed by atoms with E-state index in [0.717, 1.165) is 0 Å². The van der Waals surface area contributed by atoms with Crippen molar-refractivity contribution in [2.75, 3.05) is 6.61 Å². The Hall–Kier alpha value is -0.920. The Morgan fingerprint density at radius 3 is 2.59 bits per heavy atom. The molecule has 3 atom stereocenters. The molecule has 0 fully saturated rings. The van der Waals surface area contributed by atoms with Crippen LogP contribution in [0, 0.1) is 0 Å². The van der Waals surface area contributed by atoms with Crippen molar-refractivity contribution in [2.24, 2.45) is 0 Å². The zero-order chi connectivity index (χ0) is 13.0. The molecule has 0 aromatic heterocycles. The van der Waals surface area contributed by atoms with E-state index in [0.29, 0.717) is 11.3 Å². The fourth-order valence-corrected chi connectivity index (χ4v) is 1.66. The molecule has 0 bridgehead atoms. The van der Waals surface area contributed by atoms with Gasteiger partial charge in [0.05, 0.1) is 6.61 Å². The number of aliphatic hydroxyl groups is 4. The average molecular weight is 258 g/mol. The Balaban J connectivity index is 2.79. The lowest BCUT2D eigenvalue weighted by molar-refractivity contribution is -0.135. The van der Waals surface area contributed by atoms with Gasteiger partial charge in [0.15, 0.2) is 5.78 Å². The molecule has 1 aliphatic rings. The summed E-state index contributed by atoms with van der Waals surface area (Å²) in [6.07, 6.45) is 0.181. The lowest BCUT2D eigenvalue weighted by atomic mass is 9.94. The van der Waals surface area contributed by atoms with E-state index in [-0.39, 0.29) is 5.57 Å². The Bertz CT molecular complexity index is 374. The number of thiocarbonyl (C=S) groups is 1. The molecular weight excluding hydrogens is 244 g/mol. The minimum Gasteiger partial charge on any atom is -0.394 e. The number of hydrogen-bond acceptors (Lipinski definition) is 6. The number of Topliss-reactive ketones (excluding diaryl/α,β-unsaturated/α-hetero) is 1. The van der Waals surface area contributed by atoms with Gasteiger partial charge in [-0.3, -0.25) is 4.79 Å². The molecule has 0 aromatic carbocycles. The summed E-state index contributed by atoms with van der Waals surface area (Å²) >= 11 is 4.96. The zero-order valence-corrected chi connectivity index (χ0v) is 9.80. The van der Waals surface area contributed by atoms with Crippen molar-refractivity contribution in [1.82, 2.24) is 0 Å². The molecule has 0 aliphatic heterocycles. The van der Waals surface area contributed by atoms with Crippen molar-refractivity contribution < 1.29 is 25.2 Å². The summed E-state index contributed by atoms with van der Waals surface area (Å²) in [5.41, 5.74) is 0.152. The number of hydrogen-bond donors (Lipinski definition) is 4. The molecule has 4 N–H and O–H groups in total. The first-order valence-electron chi connectivity index (χ1n) is 5.08. The third-order valence-electron chi connectivity index (χ3n) is 2.44. The highest BCUT2D eigenvalue weighted by molar-refractivity contribution is 7.81. The highest BCUT2D eigenvalue weighted by atomic mass is 32.1. The lowest BCUT2D eigenvalue weighted by Gasteiger charge is -2.22. The molecule has 0 heterocycles. The topological polar surface area (TPSA) is 98.0 Å². The number of allylic oxidation sites excluding steroid dienone is 3. The normalized spacial score (nSPS) is 20.7. The van der Waals surface area contributed by atoms with E-state index < -0.39 is 30.7 Å². The van der Waals surface area contributed by atoms with E-state index in [1.165, 1.54) is 6.08 Å². The van der Waals surface area contributed by atoms with Gasteiger partial charge in [0.25, 0.3) is 0 Å². The van der Waals surface area contributed by atoms with Gasteiger partial charge in [0.1, 0.15) is 18.3 Å². The van der Waals surface area contributed by atoms with E-state index in [2.05, 4.69) is 0 Å². The van der Waals surface area contributed by atoms with Gasteiger partial charge in [-0.15, -0.1) is 0 Å². The van der Waals surface area contributed by atoms with Gasteiger partial charge in [-0.1, -0.05) is 30.4 Å². The smallest absolute Gasteiger partial charge is 0.195 e. The van der Waals surface area contributed by atoms with Crippen LogP contribution in [0.5, 0.6) is 0 Å². The van der Waals surface area contributed by atoms with Crippen LogP contribution in [-0.2, 0) is 4.79 Å². The van der Waals surface area contributed by atoms with Crippen LogP contribution >= 0.6 is 12.2 Å². The van der Waals surface area contributed by atoms with Crippen molar-refractivity contribution in [3.8, 4) is 0 Å². The Morgan fingerprint density at radius 2 is 2.06 bits per heavy atom. The molecule has 5 nitrogen and oxygen atoms in total. The van der Waals surface area contributed by atoms with Crippen LogP contribution in [0.4, 0.5) is 0 Å². The van der Waals surface area contributed by atoms with Crippen LogP contribution in [-0.4, -0.2) is 56.0 Å². The molecule has 0 aromatic rings. The second-order valence-electron chi connectivity index (χ2n) is 3.69. The van der Waals surface area contributed by atoms with E-state index in [9.17, 15) is 15.0 Å². The molecule has 0 amide bonds. The average Bonchev–Trinajstić information content (AvgIpc) is 2.35. The summed E-state index contributed by atoms with van der Waals surface area (Å²) in [5.74, 6) is -0.751. The van der Waals surface area contributed by atoms with Crippen LogP contribution < -0.4 is 0 Å². The van der Waals surface area contributed by atoms with Gasteiger partial charge in [-0.2, -0.15) is 0 Å². The molecule has 1 aliphatic carbocycles. The van der Waals surface area contributed by atoms with E-state index in [4.69, 9.17) is 22.4 Å². The minimum absolute atomic E-state index is 0.152. The molecule has 0 radical (unpaired) electrons. The first kappa shape index (κ1) is 14.1. The first-order valence-corrected chi connectivity index (χ1v) is 5.49.